The molecule has 1 aromatic heterocycles. The Balaban J connectivity index is 3.28. The van der Waals surface area contributed by atoms with E-state index in [0.717, 1.165) is 24.1 Å². The average molecular weight is 292 g/mol. The number of ether oxygens (including phenoxy) is 1. The summed E-state index contributed by atoms with van der Waals surface area (Å²) in [5.41, 5.74) is 8.12. The summed E-state index contributed by atoms with van der Waals surface area (Å²) in [6.45, 7) is 11.4. The number of hydrogen-bond acceptors (Lipinski definition) is 4. The summed E-state index contributed by atoms with van der Waals surface area (Å²) in [4.78, 5) is 16.3. The van der Waals surface area contributed by atoms with E-state index >= 15 is 0 Å². The van der Waals surface area contributed by atoms with Gasteiger partial charge < -0.3 is 10.5 Å². The highest BCUT2D eigenvalue weighted by Crippen LogP contribution is 2.38. The van der Waals surface area contributed by atoms with Crippen molar-refractivity contribution in [3.05, 3.63) is 29.1 Å². The lowest BCUT2D eigenvalue weighted by Gasteiger charge is -2.35. The maximum atomic E-state index is 11.7. The number of carbonyl (C=O) groups excluding carboxylic acids is 1. The number of nitrogens with two attached hydrogens (primary N) is 1. The van der Waals surface area contributed by atoms with Crippen LogP contribution in [0, 0.1) is 5.41 Å². The van der Waals surface area contributed by atoms with Crippen LogP contribution in [0.15, 0.2) is 12.1 Å². The number of rotatable bonds is 6. The third-order valence-electron chi connectivity index (χ3n) is 4.11. The van der Waals surface area contributed by atoms with Gasteiger partial charge in [0, 0.05) is 12.0 Å². The monoisotopic (exact) mass is 292 g/mol. The van der Waals surface area contributed by atoms with E-state index in [9.17, 15) is 4.79 Å². The van der Waals surface area contributed by atoms with Crippen molar-refractivity contribution >= 4 is 5.97 Å². The Morgan fingerprint density at radius 3 is 2.38 bits per heavy atom. The van der Waals surface area contributed by atoms with Crippen molar-refractivity contribution < 1.29 is 9.53 Å². The van der Waals surface area contributed by atoms with Gasteiger partial charge >= 0.3 is 5.97 Å². The average Bonchev–Trinajstić information content (AvgIpc) is 2.44. The number of carbonyl (C=O) groups is 1. The highest BCUT2D eigenvalue weighted by molar-refractivity contribution is 5.87. The largest absolute Gasteiger partial charge is 0.464 e. The number of nitrogens with zero attached hydrogens (tertiary/aromatic N) is 1. The summed E-state index contributed by atoms with van der Waals surface area (Å²) in [5.74, 6) is -0.412. The molecule has 0 unspecified atom stereocenters. The molecule has 0 saturated carbocycles. The van der Waals surface area contributed by atoms with Gasteiger partial charge in [-0.15, -0.1) is 0 Å². The third-order valence-corrected chi connectivity index (χ3v) is 4.11. The SMILES string of the molecule is CCC(C)(C)CC(C)(C)c1nc(C(=O)OC)ccc1CN. The molecule has 0 atom stereocenters. The summed E-state index contributed by atoms with van der Waals surface area (Å²) in [7, 11) is 1.37. The number of pyridine rings is 1. The van der Waals surface area contributed by atoms with Crippen molar-refractivity contribution in [2.75, 3.05) is 7.11 Å². The minimum Gasteiger partial charge on any atom is -0.464 e. The molecule has 0 bridgehead atoms. The smallest absolute Gasteiger partial charge is 0.356 e. The second-order valence-electron chi connectivity index (χ2n) is 6.98. The van der Waals surface area contributed by atoms with Crippen LogP contribution in [-0.4, -0.2) is 18.1 Å². The third kappa shape index (κ3) is 4.27. The molecule has 0 aliphatic rings. The van der Waals surface area contributed by atoms with E-state index in [1.165, 1.54) is 7.11 Å². The van der Waals surface area contributed by atoms with Crippen molar-refractivity contribution in [2.45, 2.75) is 59.4 Å². The predicted molar refractivity (Wildman–Crippen MR) is 85.2 cm³/mol. The Labute approximate surface area is 128 Å². The molecule has 2 N–H and O–H groups in total. The highest BCUT2D eigenvalue weighted by Gasteiger charge is 2.32. The fourth-order valence-corrected chi connectivity index (χ4v) is 2.86. The molecule has 0 aromatic carbocycles. The minimum atomic E-state index is -0.412. The van der Waals surface area contributed by atoms with Crippen LogP contribution in [0.5, 0.6) is 0 Å². The topological polar surface area (TPSA) is 65.2 Å². The zero-order chi connectivity index (χ0) is 16.3. The molecule has 0 fully saturated rings. The number of methoxy groups -OCH3 is 1. The quantitative estimate of drug-likeness (QED) is 0.816. The Hall–Kier alpha value is -1.42. The summed E-state index contributed by atoms with van der Waals surface area (Å²) >= 11 is 0. The predicted octanol–water partition coefficient (Wildman–Crippen LogP) is 3.43. The Kier molecular flexibility index (Phi) is 5.51. The van der Waals surface area contributed by atoms with Crippen LogP contribution in [0.1, 0.15) is 69.2 Å². The van der Waals surface area contributed by atoms with E-state index in [1.807, 2.05) is 6.07 Å². The van der Waals surface area contributed by atoms with E-state index in [-0.39, 0.29) is 10.8 Å². The first-order valence-corrected chi connectivity index (χ1v) is 7.45. The van der Waals surface area contributed by atoms with Crippen molar-refractivity contribution in [1.29, 1.82) is 0 Å². The van der Waals surface area contributed by atoms with E-state index in [1.54, 1.807) is 6.07 Å². The van der Waals surface area contributed by atoms with Gasteiger partial charge in [0.15, 0.2) is 0 Å². The van der Waals surface area contributed by atoms with Gasteiger partial charge in [0.25, 0.3) is 0 Å². The lowest BCUT2D eigenvalue weighted by Crippen LogP contribution is -2.30. The summed E-state index contributed by atoms with van der Waals surface area (Å²) in [5, 5.41) is 0. The molecule has 1 rings (SSSR count). The summed E-state index contributed by atoms with van der Waals surface area (Å²) in [6, 6.07) is 3.56. The normalized spacial score (nSPS) is 12.3. The van der Waals surface area contributed by atoms with Gasteiger partial charge in [0.05, 0.1) is 12.8 Å². The highest BCUT2D eigenvalue weighted by atomic mass is 16.5. The van der Waals surface area contributed by atoms with E-state index in [4.69, 9.17) is 10.5 Å². The van der Waals surface area contributed by atoms with Crippen LogP contribution >= 0.6 is 0 Å². The van der Waals surface area contributed by atoms with Crippen molar-refractivity contribution in [2.24, 2.45) is 11.1 Å². The maximum absolute atomic E-state index is 11.7. The second-order valence-corrected chi connectivity index (χ2v) is 6.98. The fraction of sp³-hybridized carbons (Fsp3) is 0.647. The van der Waals surface area contributed by atoms with Gasteiger partial charge in [0.1, 0.15) is 5.69 Å². The van der Waals surface area contributed by atoms with Crippen LogP contribution in [0.3, 0.4) is 0 Å². The van der Waals surface area contributed by atoms with E-state index in [0.29, 0.717) is 12.2 Å². The lowest BCUT2D eigenvalue weighted by molar-refractivity contribution is 0.0593. The van der Waals surface area contributed by atoms with E-state index in [2.05, 4.69) is 39.6 Å². The molecule has 1 aromatic rings. The molecule has 1 heterocycles. The van der Waals surface area contributed by atoms with Gasteiger partial charge in [-0.3, -0.25) is 0 Å². The lowest BCUT2D eigenvalue weighted by atomic mass is 9.71. The molecule has 21 heavy (non-hydrogen) atoms. The second kappa shape index (κ2) is 6.56. The molecule has 0 amide bonds. The zero-order valence-electron chi connectivity index (χ0n) is 14.1. The Morgan fingerprint density at radius 1 is 1.29 bits per heavy atom. The van der Waals surface area contributed by atoms with Crippen LogP contribution in [0.2, 0.25) is 0 Å². The molecule has 4 heteroatoms. The van der Waals surface area contributed by atoms with Crippen LogP contribution in [-0.2, 0) is 16.7 Å². The molecule has 0 aliphatic heterocycles. The van der Waals surface area contributed by atoms with E-state index < -0.39 is 5.97 Å². The van der Waals surface area contributed by atoms with Gasteiger partial charge in [-0.2, -0.15) is 0 Å². The van der Waals surface area contributed by atoms with Crippen molar-refractivity contribution in [3.8, 4) is 0 Å². The zero-order valence-corrected chi connectivity index (χ0v) is 14.1. The molecular formula is C17H28N2O2. The molecule has 0 saturated heterocycles. The summed E-state index contributed by atoms with van der Waals surface area (Å²) in [6.07, 6.45) is 2.06. The van der Waals surface area contributed by atoms with Crippen LogP contribution in [0.4, 0.5) is 0 Å². The Morgan fingerprint density at radius 2 is 1.90 bits per heavy atom. The Bertz CT molecular complexity index is 508. The van der Waals surface area contributed by atoms with Gasteiger partial charge in [-0.05, 0) is 23.5 Å². The number of hydrogen-bond donors (Lipinski definition) is 1. The van der Waals surface area contributed by atoms with Crippen LogP contribution in [0.25, 0.3) is 0 Å². The molecule has 4 nitrogen and oxygen atoms in total. The van der Waals surface area contributed by atoms with Gasteiger partial charge in [0.2, 0.25) is 0 Å². The minimum absolute atomic E-state index is 0.155. The van der Waals surface area contributed by atoms with Gasteiger partial charge in [-0.25, -0.2) is 9.78 Å². The van der Waals surface area contributed by atoms with Gasteiger partial charge in [-0.1, -0.05) is 47.1 Å². The fourth-order valence-electron chi connectivity index (χ4n) is 2.86. The number of esters is 1. The van der Waals surface area contributed by atoms with Crippen LogP contribution < -0.4 is 5.73 Å². The maximum Gasteiger partial charge on any atom is 0.356 e. The number of aromatic nitrogens is 1. The first kappa shape index (κ1) is 17.6. The first-order valence-electron chi connectivity index (χ1n) is 7.45. The van der Waals surface area contributed by atoms with Crippen molar-refractivity contribution in [1.82, 2.24) is 4.98 Å². The first-order chi connectivity index (χ1) is 9.66. The molecule has 118 valence electrons. The summed E-state index contributed by atoms with van der Waals surface area (Å²) < 4.78 is 4.77. The molecule has 0 spiro atoms. The standard InChI is InChI=1S/C17H28N2O2/c1-7-16(2,3)11-17(4,5)14-12(10-18)8-9-13(19-14)15(20)21-6/h8-9H,7,10-11,18H2,1-6H3. The van der Waals surface area contributed by atoms with Crippen molar-refractivity contribution in [3.63, 3.8) is 0 Å². The molecule has 0 radical (unpaired) electrons. The molecule has 0 aliphatic carbocycles. The molecular weight excluding hydrogens is 264 g/mol.